The van der Waals surface area contributed by atoms with Crippen LogP contribution in [0.15, 0.2) is 43.0 Å². The maximum Gasteiger partial charge on any atom is 0.339 e. The lowest BCUT2D eigenvalue weighted by Crippen LogP contribution is -2.45. The molecule has 6 nitrogen and oxygen atoms in total. The van der Waals surface area contributed by atoms with E-state index in [0.717, 1.165) is 24.2 Å². The van der Waals surface area contributed by atoms with E-state index in [1.165, 1.54) is 11.1 Å². The molecular weight excluding hydrogens is 390 g/mol. The van der Waals surface area contributed by atoms with E-state index in [9.17, 15) is 9.59 Å². The molecule has 0 fully saturated rings. The Kier molecular flexibility index (Phi) is 4.46. The van der Waals surface area contributed by atoms with Gasteiger partial charge in [0, 0.05) is 13.0 Å². The summed E-state index contributed by atoms with van der Waals surface area (Å²) in [4.78, 5) is 31.1. The number of esters is 1. The van der Waals surface area contributed by atoms with Gasteiger partial charge < -0.3 is 14.6 Å². The predicted octanol–water partition coefficient (Wildman–Crippen LogP) is 4.24. The minimum absolute atomic E-state index is 0.0394. The number of imidazole rings is 1. The molecule has 31 heavy (non-hydrogen) atoms. The molecule has 2 aliphatic rings. The van der Waals surface area contributed by atoms with Crippen LogP contribution in [0.5, 0.6) is 0 Å². The third-order valence-electron chi connectivity index (χ3n) is 6.39. The van der Waals surface area contributed by atoms with Crippen molar-refractivity contribution in [1.29, 1.82) is 0 Å². The number of benzene rings is 2. The van der Waals surface area contributed by atoms with E-state index in [1.54, 1.807) is 19.1 Å². The van der Waals surface area contributed by atoms with Crippen molar-refractivity contribution in [3.63, 3.8) is 0 Å². The van der Waals surface area contributed by atoms with Crippen LogP contribution in [0.25, 0.3) is 11.0 Å². The first-order chi connectivity index (χ1) is 15.0. The zero-order valence-electron chi connectivity index (χ0n) is 17.8. The van der Waals surface area contributed by atoms with Gasteiger partial charge in [-0.3, -0.25) is 4.79 Å². The number of carbonyl (C=O) groups is 2. The van der Waals surface area contributed by atoms with Gasteiger partial charge in [0.1, 0.15) is 11.3 Å². The van der Waals surface area contributed by atoms with Crippen LogP contribution in [-0.2, 0) is 24.1 Å². The van der Waals surface area contributed by atoms with Crippen LogP contribution in [-0.4, -0.2) is 33.4 Å². The van der Waals surface area contributed by atoms with Crippen molar-refractivity contribution in [2.75, 3.05) is 11.9 Å². The van der Waals surface area contributed by atoms with Crippen molar-refractivity contribution < 1.29 is 14.3 Å². The fourth-order valence-electron chi connectivity index (χ4n) is 5.13. The minimum atomic E-state index is -0.481. The van der Waals surface area contributed by atoms with Gasteiger partial charge in [-0.15, -0.1) is 6.58 Å². The smallest absolute Gasteiger partial charge is 0.339 e. The topological polar surface area (TPSA) is 73.2 Å². The molecule has 3 aromatic rings. The van der Waals surface area contributed by atoms with Crippen molar-refractivity contribution in [2.24, 2.45) is 0 Å². The van der Waals surface area contributed by atoms with E-state index in [-0.39, 0.29) is 12.4 Å². The standard InChI is InChI=1S/C25H25N3O3/c1-4-10-28-15(3)26-22-19(28)11-18(24(30)31-5-2)21-20(29)14-25(27-23(21)22)12-16-8-6-7-9-17(16)13-25/h4,6-9,11,27H,1,5,10,12-14H2,2-3H3. The summed E-state index contributed by atoms with van der Waals surface area (Å²) in [5.41, 5.74) is 4.99. The molecule has 1 aromatic heterocycles. The SMILES string of the molecule is C=CCn1c(C)nc2c3c(c(C(=O)OCC)cc21)C(=O)CC1(Cc2ccccc2C1)N3. The van der Waals surface area contributed by atoms with E-state index in [1.807, 2.05) is 23.6 Å². The van der Waals surface area contributed by atoms with Crippen molar-refractivity contribution in [3.05, 3.63) is 71.1 Å². The third kappa shape index (κ3) is 2.97. The molecule has 0 amide bonds. The number of carbonyl (C=O) groups excluding carboxylic acids is 2. The molecule has 2 heterocycles. The van der Waals surface area contributed by atoms with E-state index < -0.39 is 11.5 Å². The van der Waals surface area contributed by atoms with Crippen LogP contribution in [0.2, 0.25) is 0 Å². The van der Waals surface area contributed by atoms with Crippen LogP contribution in [0, 0.1) is 6.92 Å². The Labute approximate surface area is 180 Å². The Hall–Kier alpha value is -3.41. The lowest BCUT2D eigenvalue weighted by molar-refractivity contribution is 0.0522. The second-order valence-corrected chi connectivity index (χ2v) is 8.45. The number of nitrogens with one attached hydrogen (secondary N) is 1. The van der Waals surface area contributed by atoms with Crippen LogP contribution < -0.4 is 5.32 Å². The molecule has 0 bridgehead atoms. The van der Waals surface area contributed by atoms with Gasteiger partial charge >= 0.3 is 5.97 Å². The van der Waals surface area contributed by atoms with Gasteiger partial charge in [-0.05, 0) is 43.9 Å². The fraction of sp³-hybridized carbons (Fsp3) is 0.320. The zero-order chi connectivity index (χ0) is 21.8. The molecule has 1 N–H and O–H groups in total. The second kappa shape index (κ2) is 7.08. The molecule has 1 aliphatic carbocycles. The highest BCUT2D eigenvalue weighted by molar-refractivity contribution is 6.17. The van der Waals surface area contributed by atoms with Gasteiger partial charge in [-0.1, -0.05) is 30.3 Å². The first-order valence-corrected chi connectivity index (χ1v) is 10.7. The van der Waals surface area contributed by atoms with Gasteiger partial charge in [-0.25, -0.2) is 9.78 Å². The molecule has 2 aromatic carbocycles. The van der Waals surface area contributed by atoms with Crippen LogP contribution in [0.3, 0.4) is 0 Å². The summed E-state index contributed by atoms with van der Waals surface area (Å²) in [7, 11) is 0. The summed E-state index contributed by atoms with van der Waals surface area (Å²) in [6, 6.07) is 10.1. The van der Waals surface area contributed by atoms with Crippen molar-refractivity contribution in [2.45, 2.75) is 45.2 Å². The molecular formula is C25H25N3O3. The zero-order valence-corrected chi connectivity index (χ0v) is 17.8. The Bertz CT molecular complexity index is 1230. The maximum atomic E-state index is 13.5. The first-order valence-electron chi connectivity index (χ1n) is 10.7. The normalized spacial score (nSPS) is 16.1. The third-order valence-corrected chi connectivity index (χ3v) is 6.39. The monoisotopic (exact) mass is 415 g/mol. The summed E-state index contributed by atoms with van der Waals surface area (Å²) in [5.74, 6) is 0.287. The van der Waals surface area contributed by atoms with Gasteiger partial charge in [0.25, 0.3) is 0 Å². The second-order valence-electron chi connectivity index (χ2n) is 8.45. The van der Waals surface area contributed by atoms with Gasteiger partial charge in [0.15, 0.2) is 5.78 Å². The summed E-state index contributed by atoms with van der Waals surface area (Å²) < 4.78 is 7.30. The molecule has 5 rings (SSSR count). The largest absolute Gasteiger partial charge is 0.462 e. The number of fused-ring (bicyclic) bond motifs is 4. The average Bonchev–Trinajstić information content (AvgIpc) is 3.24. The number of ketones is 1. The fourth-order valence-corrected chi connectivity index (χ4v) is 5.13. The molecule has 1 aliphatic heterocycles. The quantitative estimate of drug-likeness (QED) is 0.510. The average molecular weight is 415 g/mol. The maximum absolute atomic E-state index is 13.5. The summed E-state index contributed by atoms with van der Waals surface area (Å²) in [5, 5.41) is 3.68. The highest BCUT2D eigenvalue weighted by Crippen LogP contribution is 2.44. The lowest BCUT2D eigenvalue weighted by atomic mass is 9.81. The number of nitrogens with zero attached hydrogens (tertiary/aromatic N) is 2. The number of Topliss-reactive ketones (excluding diaryl/α,β-unsaturated/α-hetero) is 1. The van der Waals surface area contributed by atoms with Crippen molar-refractivity contribution >= 4 is 28.5 Å². The van der Waals surface area contributed by atoms with Crippen molar-refractivity contribution in [1.82, 2.24) is 9.55 Å². The minimum Gasteiger partial charge on any atom is -0.462 e. The van der Waals surface area contributed by atoms with Crippen LogP contribution >= 0.6 is 0 Å². The molecule has 158 valence electrons. The first kappa shape index (κ1) is 19.5. The van der Waals surface area contributed by atoms with Gasteiger partial charge in [0.05, 0.1) is 34.5 Å². The molecule has 0 radical (unpaired) electrons. The highest BCUT2D eigenvalue weighted by atomic mass is 16.5. The lowest BCUT2D eigenvalue weighted by Gasteiger charge is -2.36. The number of rotatable bonds is 4. The van der Waals surface area contributed by atoms with E-state index in [2.05, 4.69) is 24.0 Å². The molecule has 6 heteroatoms. The Balaban J connectivity index is 1.72. The van der Waals surface area contributed by atoms with Crippen LogP contribution in [0.4, 0.5) is 5.69 Å². The number of hydrogen-bond acceptors (Lipinski definition) is 5. The highest BCUT2D eigenvalue weighted by Gasteiger charge is 2.45. The summed E-state index contributed by atoms with van der Waals surface area (Å²) in [6.45, 7) is 8.34. The number of anilines is 1. The summed E-state index contributed by atoms with van der Waals surface area (Å²) >= 11 is 0. The summed E-state index contributed by atoms with van der Waals surface area (Å²) in [6.07, 6.45) is 3.67. The van der Waals surface area contributed by atoms with E-state index in [4.69, 9.17) is 9.72 Å². The molecule has 0 atom stereocenters. The number of hydrogen-bond donors (Lipinski definition) is 1. The predicted molar refractivity (Wildman–Crippen MR) is 120 cm³/mol. The number of ether oxygens (including phenoxy) is 1. The Morgan fingerprint density at radius 1 is 1.29 bits per heavy atom. The van der Waals surface area contributed by atoms with E-state index in [0.29, 0.717) is 35.3 Å². The Morgan fingerprint density at radius 3 is 2.65 bits per heavy atom. The van der Waals surface area contributed by atoms with Crippen LogP contribution in [0.1, 0.15) is 51.0 Å². The number of aryl methyl sites for hydroxylation is 1. The molecule has 1 spiro atoms. The van der Waals surface area contributed by atoms with Gasteiger partial charge in [0.2, 0.25) is 0 Å². The molecule has 0 saturated carbocycles. The Morgan fingerprint density at radius 2 is 2.00 bits per heavy atom. The molecule has 0 unspecified atom stereocenters. The van der Waals surface area contributed by atoms with E-state index >= 15 is 0 Å². The van der Waals surface area contributed by atoms with Crippen molar-refractivity contribution in [3.8, 4) is 0 Å². The molecule has 0 saturated heterocycles. The number of aromatic nitrogens is 2. The number of allylic oxidation sites excluding steroid dienone is 1. The van der Waals surface area contributed by atoms with Gasteiger partial charge in [-0.2, -0.15) is 0 Å².